The lowest BCUT2D eigenvalue weighted by Crippen LogP contribution is -2.39. The van der Waals surface area contributed by atoms with Gasteiger partial charge in [-0.05, 0) is 33.2 Å². The Balaban J connectivity index is 3.64. The number of aliphatic carboxylic acids is 1. The smallest absolute Gasteiger partial charge is 0.303 e. The van der Waals surface area contributed by atoms with Crippen molar-refractivity contribution >= 4 is 5.97 Å². The fourth-order valence-corrected chi connectivity index (χ4v) is 1.43. The third-order valence-electron chi connectivity index (χ3n) is 2.10. The number of rotatable bonds is 8. The van der Waals surface area contributed by atoms with Crippen LogP contribution in [0.25, 0.3) is 0 Å². The zero-order valence-corrected chi connectivity index (χ0v) is 10.2. The molecular weight excluding hydrogens is 194 g/mol. The van der Waals surface area contributed by atoms with E-state index in [0.29, 0.717) is 13.2 Å². The Kier molecular flexibility index (Phi) is 6.52. The Hall–Kier alpha value is -0.610. The molecule has 0 rings (SSSR count). The van der Waals surface area contributed by atoms with Crippen LogP contribution in [0.2, 0.25) is 0 Å². The van der Waals surface area contributed by atoms with E-state index in [2.05, 4.69) is 5.32 Å². The molecule has 0 fully saturated rings. The number of ether oxygens (including phenoxy) is 1. The first-order valence-corrected chi connectivity index (χ1v) is 5.44. The van der Waals surface area contributed by atoms with E-state index in [1.54, 1.807) is 0 Å². The van der Waals surface area contributed by atoms with Crippen LogP contribution in [-0.2, 0) is 9.53 Å². The van der Waals surface area contributed by atoms with Crippen LogP contribution < -0.4 is 5.32 Å². The molecule has 0 aliphatic rings. The van der Waals surface area contributed by atoms with Crippen LogP contribution in [0.1, 0.15) is 34.1 Å². The van der Waals surface area contributed by atoms with E-state index in [9.17, 15) is 4.79 Å². The van der Waals surface area contributed by atoms with Crippen LogP contribution in [0.4, 0.5) is 0 Å². The maximum absolute atomic E-state index is 10.4. The quantitative estimate of drug-likeness (QED) is 0.647. The molecule has 0 saturated heterocycles. The molecule has 0 spiro atoms. The van der Waals surface area contributed by atoms with Crippen LogP contribution >= 0.6 is 0 Å². The Bertz CT molecular complexity index is 192. The molecule has 4 heteroatoms. The van der Waals surface area contributed by atoms with Crippen molar-refractivity contribution in [2.45, 2.75) is 39.7 Å². The van der Waals surface area contributed by atoms with Gasteiger partial charge in [0.2, 0.25) is 0 Å². The van der Waals surface area contributed by atoms with Gasteiger partial charge in [0.25, 0.3) is 0 Å². The lowest BCUT2D eigenvalue weighted by molar-refractivity contribution is -0.137. The molecule has 0 aromatic rings. The summed E-state index contributed by atoms with van der Waals surface area (Å²) >= 11 is 0. The summed E-state index contributed by atoms with van der Waals surface area (Å²) in [5, 5.41) is 11.8. The number of carboxylic acids is 1. The van der Waals surface area contributed by atoms with Gasteiger partial charge in [0.15, 0.2) is 0 Å². The highest BCUT2D eigenvalue weighted by Crippen LogP contribution is 2.07. The van der Waals surface area contributed by atoms with Crippen LogP contribution in [-0.4, -0.2) is 36.4 Å². The summed E-state index contributed by atoms with van der Waals surface area (Å²) in [5.41, 5.74) is -0.183. The van der Waals surface area contributed by atoms with Crippen LogP contribution in [0.15, 0.2) is 0 Å². The van der Waals surface area contributed by atoms with Crippen molar-refractivity contribution in [1.82, 2.24) is 5.32 Å². The summed E-state index contributed by atoms with van der Waals surface area (Å²) in [4.78, 5) is 10.4. The summed E-state index contributed by atoms with van der Waals surface area (Å²) < 4.78 is 5.51. The molecule has 0 aliphatic heterocycles. The minimum absolute atomic E-state index is 0.153. The third kappa shape index (κ3) is 8.39. The van der Waals surface area contributed by atoms with Crippen LogP contribution in [0.5, 0.6) is 0 Å². The average Bonchev–Trinajstić information content (AvgIpc) is 2.01. The minimum Gasteiger partial charge on any atom is -0.481 e. The molecule has 0 radical (unpaired) electrons. The molecule has 90 valence electrons. The van der Waals surface area contributed by atoms with Crippen molar-refractivity contribution in [2.24, 2.45) is 5.92 Å². The van der Waals surface area contributed by atoms with E-state index in [0.717, 1.165) is 6.54 Å². The van der Waals surface area contributed by atoms with Crippen LogP contribution in [0.3, 0.4) is 0 Å². The molecule has 2 N–H and O–H groups in total. The van der Waals surface area contributed by atoms with E-state index in [1.165, 1.54) is 0 Å². The summed E-state index contributed by atoms with van der Waals surface area (Å²) in [7, 11) is 0. The highest BCUT2D eigenvalue weighted by atomic mass is 16.5. The standard InChI is InChI=1S/C11H23NO3/c1-5-15-11(3,4)8-12-7-9(2)6-10(13)14/h9,12H,5-8H2,1-4H3,(H,13,14). The number of hydrogen-bond acceptors (Lipinski definition) is 3. The maximum Gasteiger partial charge on any atom is 0.303 e. The van der Waals surface area contributed by atoms with Crippen molar-refractivity contribution in [3.05, 3.63) is 0 Å². The highest BCUT2D eigenvalue weighted by Gasteiger charge is 2.17. The monoisotopic (exact) mass is 217 g/mol. The molecule has 0 bridgehead atoms. The number of nitrogens with one attached hydrogen (secondary N) is 1. The van der Waals surface area contributed by atoms with Gasteiger partial charge in [-0.2, -0.15) is 0 Å². The van der Waals surface area contributed by atoms with E-state index < -0.39 is 5.97 Å². The minimum atomic E-state index is -0.742. The second-order valence-corrected chi connectivity index (χ2v) is 4.53. The second-order valence-electron chi connectivity index (χ2n) is 4.53. The molecule has 1 unspecified atom stereocenters. The molecule has 4 nitrogen and oxygen atoms in total. The molecule has 0 saturated carbocycles. The number of carbonyl (C=O) groups is 1. The predicted octanol–water partition coefficient (Wildman–Crippen LogP) is 1.50. The van der Waals surface area contributed by atoms with E-state index in [1.807, 2.05) is 27.7 Å². The second kappa shape index (κ2) is 6.80. The number of carboxylic acid groups (broad SMARTS) is 1. The Morgan fingerprint density at radius 1 is 1.53 bits per heavy atom. The summed E-state index contributed by atoms with van der Waals surface area (Å²) in [6.45, 7) is 10.1. The molecular formula is C11H23NO3. The SMILES string of the molecule is CCOC(C)(C)CNCC(C)CC(=O)O. The lowest BCUT2D eigenvalue weighted by Gasteiger charge is -2.25. The Morgan fingerprint density at radius 3 is 2.60 bits per heavy atom. The molecule has 0 aliphatic carbocycles. The van der Waals surface area contributed by atoms with Gasteiger partial charge in [0.05, 0.1) is 5.60 Å². The van der Waals surface area contributed by atoms with Crippen molar-refractivity contribution in [3.63, 3.8) is 0 Å². The largest absolute Gasteiger partial charge is 0.481 e. The maximum atomic E-state index is 10.4. The summed E-state index contributed by atoms with van der Waals surface area (Å²) in [6.07, 6.45) is 0.210. The topological polar surface area (TPSA) is 58.6 Å². The number of hydrogen-bond donors (Lipinski definition) is 2. The van der Waals surface area contributed by atoms with E-state index in [-0.39, 0.29) is 17.9 Å². The molecule has 0 heterocycles. The van der Waals surface area contributed by atoms with Crippen molar-refractivity contribution < 1.29 is 14.6 Å². The van der Waals surface area contributed by atoms with Gasteiger partial charge in [0.1, 0.15) is 0 Å². The first-order chi connectivity index (χ1) is 6.87. The highest BCUT2D eigenvalue weighted by molar-refractivity contribution is 5.66. The molecule has 0 aromatic heterocycles. The zero-order chi connectivity index (χ0) is 11.9. The molecule has 1 atom stereocenters. The first-order valence-electron chi connectivity index (χ1n) is 5.44. The molecule has 0 aromatic carbocycles. The third-order valence-corrected chi connectivity index (χ3v) is 2.10. The van der Waals surface area contributed by atoms with Gasteiger partial charge in [-0.3, -0.25) is 4.79 Å². The Labute approximate surface area is 92.0 Å². The van der Waals surface area contributed by atoms with Crippen molar-refractivity contribution in [2.75, 3.05) is 19.7 Å². The van der Waals surface area contributed by atoms with E-state index in [4.69, 9.17) is 9.84 Å². The van der Waals surface area contributed by atoms with Gasteiger partial charge in [-0.15, -0.1) is 0 Å². The fourth-order valence-electron chi connectivity index (χ4n) is 1.43. The van der Waals surface area contributed by atoms with Gasteiger partial charge in [-0.1, -0.05) is 6.92 Å². The normalized spacial score (nSPS) is 13.9. The molecule has 15 heavy (non-hydrogen) atoms. The van der Waals surface area contributed by atoms with Gasteiger partial charge in [0, 0.05) is 19.6 Å². The zero-order valence-electron chi connectivity index (χ0n) is 10.2. The summed E-state index contributed by atoms with van der Waals surface area (Å²) in [5.74, 6) is -0.590. The van der Waals surface area contributed by atoms with Gasteiger partial charge in [-0.25, -0.2) is 0 Å². The van der Waals surface area contributed by atoms with E-state index >= 15 is 0 Å². The van der Waals surface area contributed by atoms with Gasteiger partial charge < -0.3 is 15.2 Å². The fraction of sp³-hybridized carbons (Fsp3) is 0.909. The van der Waals surface area contributed by atoms with Gasteiger partial charge >= 0.3 is 5.97 Å². The summed E-state index contributed by atoms with van der Waals surface area (Å²) in [6, 6.07) is 0. The average molecular weight is 217 g/mol. The van der Waals surface area contributed by atoms with Crippen LogP contribution in [0, 0.1) is 5.92 Å². The van der Waals surface area contributed by atoms with Crippen molar-refractivity contribution in [1.29, 1.82) is 0 Å². The van der Waals surface area contributed by atoms with Crippen molar-refractivity contribution in [3.8, 4) is 0 Å². The Morgan fingerprint density at radius 2 is 2.13 bits per heavy atom. The first kappa shape index (κ1) is 14.4. The lowest BCUT2D eigenvalue weighted by atomic mass is 10.1. The predicted molar refractivity (Wildman–Crippen MR) is 60.0 cm³/mol. The molecule has 0 amide bonds.